The van der Waals surface area contributed by atoms with Crippen LogP contribution in [0.1, 0.15) is 25.3 Å². The first-order valence-corrected chi connectivity index (χ1v) is 11.9. The topological polar surface area (TPSA) is 88.2 Å². The van der Waals surface area contributed by atoms with E-state index in [1.807, 2.05) is 25.1 Å². The fraction of sp³-hybridized carbons (Fsp3) is 0.250. The molecule has 36 heavy (non-hydrogen) atoms. The Morgan fingerprint density at radius 3 is 2.22 bits per heavy atom. The van der Waals surface area contributed by atoms with Gasteiger partial charge in [-0.1, -0.05) is 37.3 Å². The molecule has 1 unspecified atom stereocenters. The summed E-state index contributed by atoms with van der Waals surface area (Å²) in [5.74, 6) is 0.613. The van der Waals surface area contributed by atoms with Crippen LogP contribution in [0.15, 0.2) is 78.9 Å². The molecule has 0 radical (unpaired) electrons. The van der Waals surface area contributed by atoms with Gasteiger partial charge in [-0.3, -0.25) is 9.59 Å². The van der Waals surface area contributed by atoms with Crippen LogP contribution in [0, 0.1) is 0 Å². The molecule has 4 amide bonds. The number of benzene rings is 3. The number of amides is 4. The molecule has 1 aliphatic rings. The van der Waals surface area contributed by atoms with Gasteiger partial charge >= 0.3 is 6.03 Å². The van der Waals surface area contributed by atoms with Gasteiger partial charge in [0.25, 0.3) is 5.91 Å². The lowest BCUT2D eigenvalue weighted by molar-refractivity contribution is -0.124. The van der Waals surface area contributed by atoms with Gasteiger partial charge in [-0.15, -0.1) is 0 Å². The van der Waals surface area contributed by atoms with Gasteiger partial charge < -0.3 is 19.7 Å². The minimum absolute atomic E-state index is 0.169. The lowest BCUT2D eigenvalue weighted by atomic mass is 10.1. The molecule has 186 valence electrons. The molecule has 0 bridgehead atoms. The van der Waals surface area contributed by atoms with Gasteiger partial charge in [0.1, 0.15) is 17.5 Å². The fourth-order valence-corrected chi connectivity index (χ4v) is 4.00. The quantitative estimate of drug-likeness (QED) is 0.413. The number of imide groups is 1. The first kappa shape index (κ1) is 24.8. The third-order valence-corrected chi connectivity index (χ3v) is 5.83. The summed E-state index contributed by atoms with van der Waals surface area (Å²) in [5.41, 5.74) is 1.87. The number of anilines is 2. The first-order chi connectivity index (χ1) is 17.5. The Hall–Kier alpha value is -4.33. The second-order valence-electron chi connectivity index (χ2n) is 8.41. The highest BCUT2D eigenvalue weighted by atomic mass is 16.5. The zero-order chi connectivity index (χ0) is 25.5. The molecule has 1 fully saturated rings. The summed E-state index contributed by atoms with van der Waals surface area (Å²) in [6, 6.07) is 21.6. The average Bonchev–Trinajstić information content (AvgIpc) is 3.13. The lowest BCUT2D eigenvalue weighted by Gasteiger charge is -2.22. The highest BCUT2D eigenvalue weighted by Crippen LogP contribution is 2.29. The predicted octanol–water partition coefficient (Wildman–Crippen LogP) is 4.85. The normalized spacial score (nSPS) is 15.2. The van der Waals surface area contributed by atoms with Gasteiger partial charge in [0.15, 0.2) is 0 Å². The number of urea groups is 1. The summed E-state index contributed by atoms with van der Waals surface area (Å²) in [4.78, 5) is 42.3. The van der Waals surface area contributed by atoms with Crippen molar-refractivity contribution in [2.24, 2.45) is 0 Å². The third-order valence-electron chi connectivity index (χ3n) is 5.83. The molecular formula is C28H29N3O5. The molecule has 8 nitrogen and oxygen atoms in total. The molecular weight excluding hydrogens is 458 g/mol. The van der Waals surface area contributed by atoms with Gasteiger partial charge in [0.2, 0.25) is 5.91 Å². The Morgan fingerprint density at radius 2 is 1.58 bits per heavy atom. The smallest absolute Gasteiger partial charge is 0.332 e. The molecule has 1 aliphatic heterocycles. The number of carbonyl (C=O) groups is 3. The van der Waals surface area contributed by atoms with E-state index in [9.17, 15) is 14.4 Å². The van der Waals surface area contributed by atoms with Crippen molar-refractivity contribution in [3.8, 4) is 11.5 Å². The number of carbonyl (C=O) groups excluding carboxylic acids is 3. The molecule has 1 N–H and O–H groups in total. The maximum Gasteiger partial charge on any atom is 0.332 e. The van der Waals surface area contributed by atoms with Crippen LogP contribution in [-0.4, -0.2) is 42.5 Å². The predicted molar refractivity (Wildman–Crippen MR) is 137 cm³/mol. The second kappa shape index (κ2) is 11.4. The molecule has 3 aromatic rings. The largest absolute Gasteiger partial charge is 0.497 e. The van der Waals surface area contributed by atoms with E-state index in [2.05, 4.69) is 5.32 Å². The van der Waals surface area contributed by atoms with Gasteiger partial charge in [0, 0.05) is 12.2 Å². The van der Waals surface area contributed by atoms with E-state index in [1.54, 1.807) is 67.8 Å². The van der Waals surface area contributed by atoms with Crippen LogP contribution < -0.4 is 19.7 Å². The molecule has 3 aromatic carbocycles. The van der Waals surface area contributed by atoms with E-state index in [1.165, 1.54) is 4.90 Å². The summed E-state index contributed by atoms with van der Waals surface area (Å²) in [5, 5.41) is 2.82. The molecule has 4 rings (SSSR count). The number of para-hydroxylation sites is 1. The standard InChI is InChI=1S/C28H29N3O5/c1-3-17-36-24-15-11-21(12-16-24)29-26(32)18-25-27(33)31(22-7-5-4-6-8-22)28(34)30(25)19-20-9-13-23(35-2)14-10-20/h4-16,25H,3,17-19H2,1-2H3,(H,29,32). The summed E-state index contributed by atoms with van der Waals surface area (Å²) < 4.78 is 10.8. The highest BCUT2D eigenvalue weighted by molar-refractivity contribution is 6.22. The van der Waals surface area contributed by atoms with Crippen molar-refractivity contribution in [2.45, 2.75) is 32.4 Å². The van der Waals surface area contributed by atoms with Crippen LogP contribution in [0.25, 0.3) is 0 Å². The number of hydrogen-bond donors (Lipinski definition) is 1. The number of nitrogens with one attached hydrogen (secondary N) is 1. The van der Waals surface area contributed by atoms with Crippen LogP contribution >= 0.6 is 0 Å². The summed E-state index contributed by atoms with van der Waals surface area (Å²) in [6.45, 7) is 2.82. The van der Waals surface area contributed by atoms with Crippen LogP contribution in [0.5, 0.6) is 11.5 Å². The Labute approximate surface area is 210 Å². The van der Waals surface area contributed by atoms with Crippen molar-refractivity contribution in [3.63, 3.8) is 0 Å². The van der Waals surface area contributed by atoms with E-state index in [-0.39, 0.29) is 18.9 Å². The highest BCUT2D eigenvalue weighted by Gasteiger charge is 2.46. The van der Waals surface area contributed by atoms with Crippen molar-refractivity contribution in [1.29, 1.82) is 0 Å². The van der Waals surface area contributed by atoms with E-state index in [0.29, 0.717) is 23.7 Å². The van der Waals surface area contributed by atoms with Gasteiger partial charge in [-0.25, -0.2) is 9.69 Å². The maximum atomic E-state index is 13.4. The molecule has 1 saturated heterocycles. The van der Waals surface area contributed by atoms with Gasteiger partial charge in [-0.2, -0.15) is 0 Å². The van der Waals surface area contributed by atoms with Crippen molar-refractivity contribution < 1.29 is 23.9 Å². The Kier molecular flexibility index (Phi) is 7.85. The SMILES string of the molecule is CCCOc1ccc(NC(=O)CC2C(=O)N(c3ccccc3)C(=O)N2Cc2ccc(OC)cc2)cc1. The van der Waals surface area contributed by atoms with Crippen LogP contribution in [0.2, 0.25) is 0 Å². The van der Waals surface area contributed by atoms with E-state index >= 15 is 0 Å². The molecule has 1 heterocycles. The summed E-state index contributed by atoms with van der Waals surface area (Å²) in [6.07, 6.45) is 0.734. The molecule has 0 aliphatic carbocycles. The van der Waals surface area contributed by atoms with Crippen molar-refractivity contribution in [3.05, 3.63) is 84.4 Å². The molecule has 1 atom stereocenters. The Bertz CT molecular complexity index is 1200. The first-order valence-electron chi connectivity index (χ1n) is 11.9. The van der Waals surface area contributed by atoms with Gasteiger partial charge in [-0.05, 0) is 60.5 Å². The lowest BCUT2D eigenvalue weighted by Crippen LogP contribution is -2.37. The fourth-order valence-electron chi connectivity index (χ4n) is 4.00. The van der Waals surface area contributed by atoms with Gasteiger partial charge in [0.05, 0.1) is 25.8 Å². The zero-order valence-electron chi connectivity index (χ0n) is 20.3. The third kappa shape index (κ3) is 5.66. The average molecular weight is 488 g/mol. The van der Waals surface area contributed by atoms with E-state index in [4.69, 9.17) is 9.47 Å². The number of ether oxygens (including phenoxy) is 2. The zero-order valence-corrected chi connectivity index (χ0v) is 20.3. The second-order valence-corrected chi connectivity index (χ2v) is 8.41. The minimum Gasteiger partial charge on any atom is -0.497 e. The Balaban J connectivity index is 1.52. The van der Waals surface area contributed by atoms with E-state index in [0.717, 1.165) is 22.6 Å². The monoisotopic (exact) mass is 487 g/mol. The molecule has 0 saturated carbocycles. The number of nitrogens with zero attached hydrogens (tertiary/aromatic N) is 2. The number of rotatable bonds is 10. The maximum absolute atomic E-state index is 13.4. The van der Waals surface area contributed by atoms with Crippen LogP contribution in [-0.2, 0) is 16.1 Å². The summed E-state index contributed by atoms with van der Waals surface area (Å²) >= 11 is 0. The van der Waals surface area contributed by atoms with Crippen molar-refractivity contribution >= 4 is 29.2 Å². The van der Waals surface area contributed by atoms with Crippen LogP contribution in [0.4, 0.5) is 16.2 Å². The minimum atomic E-state index is -0.938. The summed E-state index contributed by atoms with van der Waals surface area (Å²) in [7, 11) is 1.58. The molecule has 0 aromatic heterocycles. The number of hydrogen-bond acceptors (Lipinski definition) is 5. The van der Waals surface area contributed by atoms with Crippen molar-refractivity contribution in [1.82, 2.24) is 4.90 Å². The van der Waals surface area contributed by atoms with Crippen LogP contribution in [0.3, 0.4) is 0 Å². The van der Waals surface area contributed by atoms with E-state index < -0.39 is 18.0 Å². The van der Waals surface area contributed by atoms with Crippen molar-refractivity contribution in [2.75, 3.05) is 23.9 Å². The molecule has 8 heteroatoms. The number of methoxy groups -OCH3 is 1. The Morgan fingerprint density at radius 1 is 0.917 bits per heavy atom. The molecule has 0 spiro atoms.